The summed E-state index contributed by atoms with van der Waals surface area (Å²) in [6, 6.07) is 0.605. The van der Waals surface area contributed by atoms with Crippen LogP contribution in [0.4, 0.5) is 0 Å². The summed E-state index contributed by atoms with van der Waals surface area (Å²) in [6.07, 6.45) is 1.34. The summed E-state index contributed by atoms with van der Waals surface area (Å²) < 4.78 is 0. The van der Waals surface area contributed by atoms with Crippen LogP contribution < -0.4 is 5.32 Å². The molecule has 0 aliphatic heterocycles. The van der Waals surface area contributed by atoms with E-state index in [1.54, 1.807) is 0 Å². The lowest BCUT2D eigenvalue weighted by atomic mass is 9.79. The molecule has 0 saturated carbocycles. The molecule has 0 amide bonds. The zero-order chi connectivity index (χ0) is 11.9. The van der Waals surface area contributed by atoms with Crippen molar-refractivity contribution in [2.45, 2.75) is 54.0 Å². The average molecular weight is 231 g/mol. The van der Waals surface area contributed by atoms with E-state index in [0.717, 1.165) is 12.5 Å². The van der Waals surface area contributed by atoms with Crippen LogP contribution in [0.15, 0.2) is 0 Å². The highest BCUT2D eigenvalue weighted by molar-refractivity contribution is 7.99. The molecule has 15 heavy (non-hydrogen) atoms. The largest absolute Gasteiger partial charge is 0.314 e. The third-order valence-corrected chi connectivity index (χ3v) is 3.74. The summed E-state index contributed by atoms with van der Waals surface area (Å²) in [5, 5.41) is 3.57. The second kappa shape index (κ2) is 7.56. The maximum Gasteiger partial charge on any atom is 0.00104 e. The van der Waals surface area contributed by atoms with Crippen LogP contribution >= 0.6 is 11.8 Å². The van der Waals surface area contributed by atoms with E-state index < -0.39 is 0 Å². The van der Waals surface area contributed by atoms with Crippen molar-refractivity contribution in [1.82, 2.24) is 5.32 Å². The number of hydrogen-bond donors (Lipinski definition) is 1. The number of thioether (sulfide) groups is 1. The minimum atomic E-state index is 0.427. The Morgan fingerprint density at radius 2 is 1.80 bits per heavy atom. The molecule has 0 radical (unpaired) electrons. The van der Waals surface area contributed by atoms with Gasteiger partial charge in [-0.1, -0.05) is 41.5 Å². The summed E-state index contributed by atoms with van der Waals surface area (Å²) >= 11 is 2.06. The molecule has 0 bridgehead atoms. The SMILES string of the molecule is CCSCCC(CNC(C)C)C(C)(C)C. The van der Waals surface area contributed by atoms with Crippen molar-refractivity contribution in [1.29, 1.82) is 0 Å². The fraction of sp³-hybridized carbons (Fsp3) is 1.00. The highest BCUT2D eigenvalue weighted by Gasteiger charge is 2.23. The summed E-state index contributed by atoms with van der Waals surface area (Å²) in [5.41, 5.74) is 0.427. The standard InChI is InChI=1S/C13H29NS/c1-7-15-9-8-12(13(4,5)6)10-14-11(2)3/h11-12,14H,7-10H2,1-6H3. The number of rotatable bonds is 7. The molecule has 0 fully saturated rings. The first kappa shape index (κ1) is 15.3. The Labute approximate surface area is 101 Å². The molecular formula is C13H29NS. The van der Waals surface area contributed by atoms with Gasteiger partial charge in [-0.15, -0.1) is 0 Å². The van der Waals surface area contributed by atoms with Crippen molar-refractivity contribution >= 4 is 11.8 Å². The van der Waals surface area contributed by atoms with Gasteiger partial charge in [0.25, 0.3) is 0 Å². The first-order chi connectivity index (χ1) is 6.88. The Morgan fingerprint density at radius 1 is 1.20 bits per heavy atom. The third-order valence-electron chi connectivity index (χ3n) is 2.81. The molecule has 0 heterocycles. The van der Waals surface area contributed by atoms with Crippen LogP contribution in [0, 0.1) is 11.3 Å². The Balaban J connectivity index is 3.96. The fourth-order valence-corrected chi connectivity index (χ4v) is 2.33. The smallest absolute Gasteiger partial charge is 0.00104 e. The van der Waals surface area contributed by atoms with E-state index in [1.807, 2.05) is 0 Å². The van der Waals surface area contributed by atoms with E-state index in [2.05, 4.69) is 58.6 Å². The zero-order valence-corrected chi connectivity index (χ0v) is 12.2. The van der Waals surface area contributed by atoms with E-state index in [0.29, 0.717) is 11.5 Å². The molecule has 0 aromatic carbocycles. The van der Waals surface area contributed by atoms with Gasteiger partial charge in [0, 0.05) is 6.04 Å². The monoisotopic (exact) mass is 231 g/mol. The minimum Gasteiger partial charge on any atom is -0.314 e. The maximum absolute atomic E-state index is 3.57. The van der Waals surface area contributed by atoms with Gasteiger partial charge in [0.05, 0.1) is 0 Å². The van der Waals surface area contributed by atoms with Crippen LogP contribution in [0.25, 0.3) is 0 Å². The Morgan fingerprint density at radius 3 is 2.20 bits per heavy atom. The van der Waals surface area contributed by atoms with E-state index in [-0.39, 0.29) is 0 Å². The Hall–Kier alpha value is 0.310. The van der Waals surface area contributed by atoms with Crippen LogP contribution in [0.2, 0.25) is 0 Å². The Bertz CT molecular complexity index is 149. The zero-order valence-electron chi connectivity index (χ0n) is 11.4. The van der Waals surface area contributed by atoms with E-state index in [1.165, 1.54) is 17.9 Å². The van der Waals surface area contributed by atoms with Gasteiger partial charge in [0.2, 0.25) is 0 Å². The second-order valence-electron chi connectivity index (χ2n) is 5.61. The van der Waals surface area contributed by atoms with Crippen LogP contribution in [-0.4, -0.2) is 24.1 Å². The summed E-state index contributed by atoms with van der Waals surface area (Å²) in [4.78, 5) is 0. The molecule has 1 nitrogen and oxygen atoms in total. The van der Waals surface area contributed by atoms with Gasteiger partial charge in [-0.05, 0) is 35.8 Å². The normalized spacial score (nSPS) is 14.6. The van der Waals surface area contributed by atoms with Crippen molar-refractivity contribution in [3.05, 3.63) is 0 Å². The molecular weight excluding hydrogens is 202 g/mol. The highest BCUT2D eigenvalue weighted by Crippen LogP contribution is 2.29. The Kier molecular flexibility index (Phi) is 7.72. The van der Waals surface area contributed by atoms with Crippen molar-refractivity contribution in [3.63, 3.8) is 0 Å². The summed E-state index contributed by atoms with van der Waals surface area (Å²) in [7, 11) is 0. The number of hydrogen-bond acceptors (Lipinski definition) is 2. The first-order valence-electron chi connectivity index (χ1n) is 6.19. The van der Waals surface area contributed by atoms with E-state index >= 15 is 0 Å². The van der Waals surface area contributed by atoms with Gasteiger partial charge in [-0.25, -0.2) is 0 Å². The summed E-state index contributed by atoms with van der Waals surface area (Å²) in [6.45, 7) is 14.9. The molecule has 0 rings (SSSR count). The van der Waals surface area contributed by atoms with Crippen molar-refractivity contribution < 1.29 is 0 Å². The van der Waals surface area contributed by atoms with Gasteiger partial charge in [-0.2, -0.15) is 11.8 Å². The second-order valence-corrected chi connectivity index (χ2v) is 7.01. The van der Waals surface area contributed by atoms with Gasteiger partial charge in [-0.3, -0.25) is 0 Å². The molecule has 1 unspecified atom stereocenters. The van der Waals surface area contributed by atoms with Crippen molar-refractivity contribution in [2.75, 3.05) is 18.1 Å². The van der Waals surface area contributed by atoms with E-state index in [4.69, 9.17) is 0 Å². The molecule has 92 valence electrons. The lowest BCUT2D eigenvalue weighted by Crippen LogP contribution is -2.35. The highest BCUT2D eigenvalue weighted by atomic mass is 32.2. The third kappa shape index (κ3) is 8.15. The first-order valence-corrected chi connectivity index (χ1v) is 7.34. The maximum atomic E-state index is 3.57. The van der Waals surface area contributed by atoms with Gasteiger partial charge >= 0.3 is 0 Å². The molecule has 0 aromatic heterocycles. The van der Waals surface area contributed by atoms with Crippen LogP contribution in [0.3, 0.4) is 0 Å². The van der Waals surface area contributed by atoms with Crippen molar-refractivity contribution in [2.24, 2.45) is 11.3 Å². The average Bonchev–Trinajstić information content (AvgIpc) is 2.08. The predicted octanol–water partition coefficient (Wildman–Crippen LogP) is 3.79. The van der Waals surface area contributed by atoms with Gasteiger partial charge in [0.1, 0.15) is 0 Å². The topological polar surface area (TPSA) is 12.0 Å². The van der Waals surface area contributed by atoms with E-state index in [9.17, 15) is 0 Å². The molecule has 0 saturated heterocycles. The molecule has 0 spiro atoms. The molecule has 2 heteroatoms. The lowest BCUT2D eigenvalue weighted by Gasteiger charge is -2.31. The van der Waals surface area contributed by atoms with Gasteiger partial charge in [0.15, 0.2) is 0 Å². The van der Waals surface area contributed by atoms with Crippen LogP contribution in [-0.2, 0) is 0 Å². The molecule has 0 aliphatic carbocycles. The van der Waals surface area contributed by atoms with Crippen LogP contribution in [0.1, 0.15) is 48.0 Å². The predicted molar refractivity (Wildman–Crippen MR) is 73.7 cm³/mol. The molecule has 1 atom stereocenters. The molecule has 1 N–H and O–H groups in total. The summed E-state index contributed by atoms with van der Waals surface area (Å²) in [5.74, 6) is 3.34. The lowest BCUT2D eigenvalue weighted by molar-refractivity contribution is 0.223. The number of nitrogens with one attached hydrogen (secondary N) is 1. The minimum absolute atomic E-state index is 0.427. The quantitative estimate of drug-likeness (QED) is 0.669. The molecule has 0 aliphatic rings. The van der Waals surface area contributed by atoms with Crippen LogP contribution in [0.5, 0.6) is 0 Å². The van der Waals surface area contributed by atoms with Gasteiger partial charge < -0.3 is 5.32 Å². The fourth-order valence-electron chi connectivity index (χ4n) is 1.59. The van der Waals surface area contributed by atoms with Crippen molar-refractivity contribution in [3.8, 4) is 0 Å². The molecule has 0 aromatic rings.